The van der Waals surface area contributed by atoms with Crippen LogP contribution in [0.5, 0.6) is 0 Å². The van der Waals surface area contributed by atoms with Crippen molar-refractivity contribution in [3.63, 3.8) is 0 Å². The molecule has 0 spiro atoms. The SMILES string of the molecule is CC(=O)NCCCCCC(=O)N[C@H](CO)C(=O)O. The number of nitrogens with one attached hydrogen (secondary N) is 2. The van der Waals surface area contributed by atoms with E-state index in [0.717, 1.165) is 12.8 Å². The van der Waals surface area contributed by atoms with Gasteiger partial charge in [0, 0.05) is 19.9 Å². The van der Waals surface area contributed by atoms with Gasteiger partial charge >= 0.3 is 5.97 Å². The standard InChI is InChI=1S/C11H20N2O5/c1-8(15)12-6-4-2-3-5-10(16)13-9(7-14)11(17)18/h9,14H,2-7H2,1H3,(H,12,15)(H,13,16)(H,17,18)/t9-/m1/s1. The Morgan fingerprint density at radius 1 is 1.17 bits per heavy atom. The second kappa shape index (κ2) is 9.41. The van der Waals surface area contributed by atoms with Crippen molar-refractivity contribution >= 4 is 17.8 Å². The first-order valence-electron chi connectivity index (χ1n) is 5.84. The highest BCUT2D eigenvalue weighted by molar-refractivity contribution is 5.83. The van der Waals surface area contributed by atoms with Crippen LogP contribution in [-0.4, -0.2) is 47.2 Å². The van der Waals surface area contributed by atoms with Crippen LogP contribution < -0.4 is 10.6 Å². The second-order valence-electron chi connectivity index (χ2n) is 3.93. The molecule has 0 fully saturated rings. The summed E-state index contributed by atoms with van der Waals surface area (Å²) >= 11 is 0. The summed E-state index contributed by atoms with van der Waals surface area (Å²) in [6.45, 7) is 1.39. The minimum absolute atomic E-state index is 0.0833. The molecule has 0 rings (SSSR count). The van der Waals surface area contributed by atoms with Crippen molar-refractivity contribution in [2.75, 3.05) is 13.2 Å². The lowest BCUT2D eigenvalue weighted by Crippen LogP contribution is -2.43. The lowest BCUT2D eigenvalue weighted by molar-refractivity contribution is -0.143. The van der Waals surface area contributed by atoms with E-state index in [0.29, 0.717) is 13.0 Å². The quantitative estimate of drug-likeness (QED) is 0.407. The van der Waals surface area contributed by atoms with Crippen LogP contribution in [0.25, 0.3) is 0 Å². The Morgan fingerprint density at radius 3 is 2.33 bits per heavy atom. The predicted molar refractivity (Wildman–Crippen MR) is 63.8 cm³/mol. The number of carboxylic acids is 1. The Kier molecular flexibility index (Phi) is 8.55. The molecule has 7 nitrogen and oxygen atoms in total. The van der Waals surface area contributed by atoms with Gasteiger partial charge in [-0.05, 0) is 12.8 Å². The van der Waals surface area contributed by atoms with E-state index >= 15 is 0 Å². The first kappa shape index (κ1) is 16.4. The topological polar surface area (TPSA) is 116 Å². The number of aliphatic carboxylic acids is 1. The lowest BCUT2D eigenvalue weighted by atomic mass is 10.2. The predicted octanol–water partition coefficient (Wildman–Crippen LogP) is -0.755. The maximum absolute atomic E-state index is 11.3. The van der Waals surface area contributed by atoms with E-state index in [4.69, 9.17) is 10.2 Å². The van der Waals surface area contributed by atoms with Crippen molar-refractivity contribution in [1.82, 2.24) is 10.6 Å². The first-order valence-corrected chi connectivity index (χ1v) is 5.84. The van der Waals surface area contributed by atoms with E-state index in [-0.39, 0.29) is 12.3 Å². The van der Waals surface area contributed by atoms with Crippen molar-refractivity contribution in [1.29, 1.82) is 0 Å². The number of carbonyl (C=O) groups excluding carboxylic acids is 2. The summed E-state index contributed by atoms with van der Waals surface area (Å²) in [5.74, 6) is -1.73. The molecule has 4 N–H and O–H groups in total. The Hall–Kier alpha value is -1.63. The fourth-order valence-electron chi connectivity index (χ4n) is 1.30. The highest BCUT2D eigenvalue weighted by atomic mass is 16.4. The second-order valence-corrected chi connectivity index (χ2v) is 3.93. The van der Waals surface area contributed by atoms with Gasteiger partial charge in [0.2, 0.25) is 11.8 Å². The lowest BCUT2D eigenvalue weighted by Gasteiger charge is -2.11. The van der Waals surface area contributed by atoms with Crippen molar-refractivity contribution < 1.29 is 24.6 Å². The zero-order valence-corrected chi connectivity index (χ0v) is 10.4. The molecule has 0 bridgehead atoms. The molecule has 0 radical (unpaired) electrons. The number of rotatable bonds is 9. The highest BCUT2D eigenvalue weighted by Gasteiger charge is 2.17. The molecule has 0 aliphatic carbocycles. The first-order chi connectivity index (χ1) is 8.47. The zero-order valence-electron chi connectivity index (χ0n) is 10.4. The largest absolute Gasteiger partial charge is 0.480 e. The van der Waals surface area contributed by atoms with E-state index in [2.05, 4.69) is 10.6 Å². The summed E-state index contributed by atoms with van der Waals surface area (Å²) in [4.78, 5) is 32.4. The molecule has 0 unspecified atom stereocenters. The third-order valence-corrected chi connectivity index (χ3v) is 2.27. The van der Waals surface area contributed by atoms with Gasteiger partial charge in [0.05, 0.1) is 6.61 Å². The third kappa shape index (κ3) is 8.51. The third-order valence-electron chi connectivity index (χ3n) is 2.27. The van der Waals surface area contributed by atoms with E-state index in [1.165, 1.54) is 6.92 Å². The van der Waals surface area contributed by atoms with Crippen molar-refractivity contribution in [2.45, 2.75) is 38.6 Å². The molecule has 0 saturated heterocycles. The maximum Gasteiger partial charge on any atom is 0.328 e. The van der Waals surface area contributed by atoms with Gasteiger partial charge in [-0.1, -0.05) is 6.42 Å². The number of carboxylic acid groups (broad SMARTS) is 1. The maximum atomic E-state index is 11.3. The van der Waals surface area contributed by atoms with Crippen LogP contribution in [0.3, 0.4) is 0 Å². The van der Waals surface area contributed by atoms with Gasteiger partial charge in [-0.15, -0.1) is 0 Å². The van der Waals surface area contributed by atoms with E-state index in [1.807, 2.05) is 0 Å². The Balaban J connectivity index is 3.59. The molecule has 0 aliphatic rings. The number of hydrogen-bond donors (Lipinski definition) is 4. The van der Waals surface area contributed by atoms with Gasteiger partial charge < -0.3 is 20.8 Å². The van der Waals surface area contributed by atoms with Gasteiger partial charge in [0.15, 0.2) is 0 Å². The minimum Gasteiger partial charge on any atom is -0.480 e. The Morgan fingerprint density at radius 2 is 1.83 bits per heavy atom. The highest BCUT2D eigenvalue weighted by Crippen LogP contribution is 1.99. The number of aliphatic hydroxyl groups excluding tert-OH is 1. The fourth-order valence-corrected chi connectivity index (χ4v) is 1.30. The van der Waals surface area contributed by atoms with Crippen molar-refractivity contribution in [2.24, 2.45) is 0 Å². The van der Waals surface area contributed by atoms with Crippen LogP contribution in [-0.2, 0) is 14.4 Å². The van der Waals surface area contributed by atoms with Gasteiger partial charge in [0.1, 0.15) is 6.04 Å². The molecule has 0 aliphatic heterocycles. The van der Waals surface area contributed by atoms with Crippen LogP contribution >= 0.6 is 0 Å². The molecule has 18 heavy (non-hydrogen) atoms. The zero-order chi connectivity index (χ0) is 14.0. The summed E-state index contributed by atoms with van der Waals surface area (Å²) in [5, 5.41) is 22.2. The molecule has 0 aromatic heterocycles. The summed E-state index contributed by atoms with van der Waals surface area (Å²) in [6, 6.07) is -1.24. The molecule has 0 aromatic rings. The van der Waals surface area contributed by atoms with Crippen LogP contribution in [0.1, 0.15) is 32.6 Å². The van der Waals surface area contributed by atoms with Crippen LogP contribution in [0.4, 0.5) is 0 Å². The van der Waals surface area contributed by atoms with Crippen LogP contribution in [0, 0.1) is 0 Å². The molecule has 104 valence electrons. The molecule has 7 heteroatoms. The summed E-state index contributed by atoms with van der Waals surface area (Å²) < 4.78 is 0. The monoisotopic (exact) mass is 260 g/mol. The van der Waals surface area contributed by atoms with Gasteiger partial charge in [-0.3, -0.25) is 9.59 Å². The average Bonchev–Trinajstić information content (AvgIpc) is 2.29. The molecular formula is C11H20N2O5. The molecule has 2 amide bonds. The van der Waals surface area contributed by atoms with Gasteiger partial charge in [0.25, 0.3) is 0 Å². The average molecular weight is 260 g/mol. The Labute approximate surface area is 106 Å². The van der Waals surface area contributed by atoms with E-state index in [1.54, 1.807) is 0 Å². The number of amides is 2. The molecule has 0 saturated carbocycles. The van der Waals surface area contributed by atoms with Crippen LogP contribution in [0.2, 0.25) is 0 Å². The van der Waals surface area contributed by atoms with E-state index in [9.17, 15) is 14.4 Å². The summed E-state index contributed by atoms with van der Waals surface area (Å²) in [5.41, 5.74) is 0. The number of aliphatic hydroxyl groups is 1. The molecule has 0 aromatic carbocycles. The van der Waals surface area contributed by atoms with Gasteiger partial charge in [-0.2, -0.15) is 0 Å². The molecule has 0 heterocycles. The van der Waals surface area contributed by atoms with Gasteiger partial charge in [-0.25, -0.2) is 4.79 Å². The fraction of sp³-hybridized carbons (Fsp3) is 0.727. The Bertz CT molecular complexity index is 293. The number of unbranched alkanes of at least 4 members (excludes halogenated alkanes) is 2. The normalized spacial score (nSPS) is 11.7. The number of hydrogen-bond acceptors (Lipinski definition) is 4. The summed E-state index contributed by atoms with van der Waals surface area (Å²) in [6.07, 6.45) is 2.37. The molecule has 1 atom stereocenters. The summed E-state index contributed by atoms with van der Waals surface area (Å²) in [7, 11) is 0. The molecular weight excluding hydrogens is 240 g/mol. The number of carbonyl (C=O) groups is 3. The smallest absolute Gasteiger partial charge is 0.328 e. The van der Waals surface area contributed by atoms with E-state index < -0.39 is 24.5 Å². The minimum atomic E-state index is -1.25. The van der Waals surface area contributed by atoms with Crippen molar-refractivity contribution in [3.05, 3.63) is 0 Å². The van der Waals surface area contributed by atoms with Crippen molar-refractivity contribution in [3.8, 4) is 0 Å². The van der Waals surface area contributed by atoms with Crippen LogP contribution in [0.15, 0.2) is 0 Å².